The van der Waals surface area contributed by atoms with Gasteiger partial charge in [-0.25, -0.2) is 4.98 Å². The SMILES string of the molecule is CCC(Cc1ncnc(OC)c1[N+](=O)[O-])NC. The molecule has 1 aromatic heterocycles. The first-order valence-electron chi connectivity index (χ1n) is 5.33. The minimum absolute atomic E-state index is 0.00551. The fourth-order valence-corrected chi connectivity index (χ4v) is 1.56. The van der Waals surface area contributed by atoms with E-state index < -0.39 is 4.92 Å². The fourth-order valence-electron chi connectivity index (χ4n) is 1.56. The molecular formula is C10H16N4O3. The highest BCUT2D eigenvalue weighted by atomic mass is 16.6. The van der Waals surface area contributed by atoms with Crippen LogP contribution in [0.15, 0.2) is 6.33 Å². The van der Waals surface area contributed by atoms with Gasteiger partial charge in [-0.2, -0.15) is 4.98 Å². The smallest absolute Gasteiger partial charge is 0.352 e. The second kappa shape index (κ2) is 6.09. The van der Waals surface area contributed by atoms with Gasteiger partial charge in [0, 0.05) is 12.5 Å². The monoisotopic (exact) mass is 240 g/mol. The fraction of sp³-hybridized carbons (Fsp3) is 0.600. The van der Waals surface area contributed by atoms with Crippen LogP contribution in [0.1, 0.15) is 19.0 Å². The van der Waals surface area contributed by atoms with Crippen LogP contribution in [0.4, 0.5) is 5.69 Å². The Morgan fingerprint density at radius 2 is 2.29 bits per heavy atom. The van der Waals surface area contributed by atoms with Crippen molar-refractivity contribution in [1.29, 1.82) is 0 Å². The lowest BCUT2D eigenvalue weighted by Gasteiger charge is -2.13. The standard InChI is InChI=1S/C10H16N4O3/c1-4-7(11-2)5-8-9(14(15)16)10(17-3)13-6-12-8/h6-7,11H,4-5H2,1-3H3. The molecule has 1 N–H and O–H groups in total. The number of hydrogen-bond acceptors (Lipinski definition) is 6. The van der Waals surface area contributed by atoms with E-state index in [4.69, 9.17) is 4.74 Å². The van der Waals surface area contributed by atoms with Crippen LogP contribution in [-0.4, -0.2) is 35.1 Å². The van der Waals surface area contributed by atoms with Crippen molar-refractivity contribution in [2.24, 2.45) is 0 Å². The highest BCUT2D eigenvalue weighted by molar-refractivity contribution is 5.44. The minimum Gasteiger partial charge on any atom is -0.476 e. The van der Waals surface area contributed by atoms with E-state index >= 15 is 0 Å². The first kappa shape index (κ1) is 13.3. The van der Waals surface area contributed by atoms with E-state index in [0.29, 0.717) is 12.1 Å². The van der Waals surface area contributed by atoms with Gasteiger partial charge in [0.15, 0.2) is 0 Å². The van der Waals surface area contributed by atoms with Gasteiger partial charge < -0.3 is 10.1 Å². The van der Waals surface area contributed by atoms with Crippen LogP contribution in [0.25, 0.3) is 0 Å². The van der Waals surface area contributed by atoms with Crippen molar-refractivity contribution < 1.29 is 9.66 Å². The number of likely N-dealkylation sites (N-methyl/N-ethyl adjacent to an activating group) is 1. The molecule has 1 atom stereocenters. The van der Waals surface area contributed by atoms with Gasteiger partial charge in [-0.3, -0.25) is 10.1 Å². The lowest BCUT2D eigenvalue weighted by Crippen LogP contribution is -2.27. The Morgan fingerprint density at radius 1 is 1.59 bits per heavy atom. The maximum atomic E-state index is 11.0. The summed E-state index contributed by atoms with van der Waals surface area (Å²) in [5, 5.41) is 14.1. The molecule has 7 heteroatoms. The minimum atomic E-state index is -0.503. The van der Waals surface area contributed by atoms with Crippen LogP contribution in [0.3, 0.4) is 0 Å². The molecule has 0 bridgehead atoms. The molecule has 1 rings (SSSR count). The summed E-state index contributed by atoms with van der Waals surface area (Å²) < 4.78 is 4.88. The van der Waals surface area contributed by atoms with Crippen molar-refractivity contribution in [3.05, 3.63) is 22.1 Å². The van der Waals surface area contributed by atoms with Crippen LogP contribution in [0.2, 0.25) is 0 Å². The Labute approximate surface area is 99.4 Å². The van der Waals surface area contributed by atoms with Crippen molar-refractivity contribution in [2.75, 3.05) is 14.2 Å². The number of methoxy groups -OCH3 is 1. The highest BCUT2D eigenvalue weighted by Crippen LogP contribution is 2.27. The maximum Gasteiger partial charge on any atom is 0.352 e. The van der Waals surface area contributed by atoms with Crippen LogP contribution in [0, 0.1) is 10.1 Å². The van der Waals surface area contributed by atoms with E-state index in [2.05, 4.69) is 15.3 Å². The number of nitrogens with zero attached hydrogens (tertiary/aromatic N) is 3. The second-order valence-corrected chi connectivity index (χ2v) is 3.53. The predicted molar refractivity (Wildman–Crippen MR) is 62.1 cm³/mol. The predicted octanol–water partition coefficient (Wildman–Crippen LogP) is 0.934. The first-order valence-corrected chi connectivity index (χ1v) is 5.33. The van der Waals surface area contributed by atoms with Gasteiger partial charge in [0.25, 0.3) is 5.88 Å². The molecule has 0 amide bonds. The molecule has 0 saturated heterocycles. The zero-order valence-electron chi connectivity index (χ0n) is 10.1. The number of hydrogen-bond donors (Lipinski definition) is 1. The van der Waals surface area contributed by atoms with Gasteiger partial charge in [-0.05, 0) is 13.5 Å². The van der Waals surface area contributed by atoms with Gasteiger partial charge in [0.1, 0.15) is 12.0 Å². The Hall–Kier alpha value is -1.76. The molecule has 0 aliphatic heterocycles. The normalized spacial score (nSPS) is 12.2. The molecule has 17 heavy (non-hydrogen) atoms. The Morgan fingerprint density at radius 3 is 2.76 bits per heavy atom. The molecule has 1 aromatic rings. The van der Waals surface area contributed by atoms with E-state index in [0.717, 1.165) is 6.42 Å². The average Bonchev–Trinajstić information content (AvgIpc) is 2.34. The zero-order chi connectivity index (χ0) is 12.8. The van der Waals surface area contributed by atoms with Crippen molar-refractivity contribution in [3.63, 3.8) is 0 Å². The number of nitrogens with one attached hydrogen (secondary N) is 1. The topological polar surface area (TPSA) is 90.2 Å². The molecule has 94 valence electrons. The van der Waals surface area contributed by atoms with Crippen LogP contribution < -0.4 is 10.1 Å². The summed E-state index contributed by atoms with van der Waals surface area (Å²) in [7, 11) is 3.17. The largest absolute Gasteiger partial charge is 0.476 e. The summed E-state index contributed by atoms with van der Waals surface area (Å²) in [6, 6.07) is 0.147. The molecule has 1 heterocycles. The Bertz CT molecular complexity index is 393. The van der Waals surface area contributed by atoms with Gasteiger partial charge >= 0.3 is 5.69 Å². The summed E-state index contributed by atoms with van der Waals surface area (Å²) in [6.07, 6.45) is 2.62. The van der Waals surface area contributed by atoms with E-state index in [1.807, 2.05) is 14.0 Å². The molecule has 0 radical (unpaired) electrons. The van der Waals surface area contributed by atoms with Crippen molar-refractivity contribution in [1.82, 2.24) is 15.3 Å². The van der Waals surface area contributed by atoms with E-state index in [9.17, 15) is 10.1 Å². The molecule has 1 unspecified atom stereocenters. The summed E-state index contributed by atoms with van der Waals surface area (Å²) in [5.74, 6) is 0.00551. The van der Waals surface area contributed by atoms with Gasteiger partial charge in [0.05, 0.1) is 12.0 Å². The van der Waals surface area contributed by atoms with Crippen molar-refractivity contribution in [2.45, 2.75) is 25.8 Å². The quantitative estimate of drug-likeness (QED) is 0.587. The van der Waals surface area contributed by atoms with E-state index in [1.165, 1.54) is 13.4 Å². The number of rotatable bonds is 6. The first-order chi connectivity index (χ1) is 8.13. The molecule has 0 aromatic carbocycles. The number of nitro groups is 1. The molecule has 0 aliphatic rings. The van der Waals surface area contributed by atoms with E-state index in [-0.39, 0.29) is 17.6 Å². The second-order valence-electron chi connectivity index (χ2n) is 3.53. The third kappa shape index (κ3) is 3.10. The van der Waals surface area contributed by atoms with Crippen LogP contribution in [0.5, 0.6) is 5.88 Å². The zero-order valence-corrected chi connectivity index (χ0v) is 10.1. The summed E-state index contributed by atoms with van der Waals surface area (Å²) >= 11 is 0. The Balaban J connectivity index is 3.09. The van der Waals surface area contributed by atoms with Gasteiger partial charge in [0.2, 0.25) is 0 Å². The number of aromatic nitrogens is 2. The lowest BCUT2D eigenvalue weighted by molar-refractivity contribution is -0.387. The summed E-state index contributed by atoms with van der Waals surface area (Å²) in [5.41, 5.74) is 0.242. The van der Waals surface area contributed by atoms with Crippen molar-refractivity contribution in [3.8, 4) is 5.88 Å². The van der Waals surface area contributed by atoms with Crippen LogP contribution in [-0.2, 0) is 6.42 Å². The highest BCUT2D eigenvalue weighted by Gasteiger charge is 2.24. The molecule has 0 fully saturated rings. The molecule has 0 aliphatic carbocycles. The summed E-state index contributed by atoms with van der Waals surface area (Å²) in [6.45, 7) is 2.01. The van der Waals surface area contributed by atoms with Gasteiger partial charge in [-0.15, -0.1) is 0 Å². The molecule has 0 saturated carbocycles. The lowest BCUT2D eigenvalue weighted by atomic mass is 10.1. The summed E-state index contributed by atoms with van der Waals surface area (Å²) in [4.78, 5) is 18.2. The Kier molecular flexibility index (Phi) is 4.77. The molecular weight excluding hydrogens is 224 g/mol. The van der Waals surface area contributed by atoms with Crippen LogP contribution >= 0.6 is 0 Å². The number of ether oxygens (including phenoxy) is 1. The molecule has 0 spiro atoms. The molecule has 7 nitrogen and oxygen atoms in total. The third-order valence-corrected chi connectivity index (χ3v) is 2.58. The third-order valence-electron chi connectivity index (χ3n) is 2.58. The average molecular weight is 240 g/mol. The van der Waals surface area contributed by atoms with Gasteiger partial charge in [-0.1, -0.05) is 6.92 Å². The van der Waals surface area contributed by atoms with E-state index in [1.54, 1.807) is 0 Å². The van der Waals surface area contributed by atoms with Crippen molar-refractivity contribution >= 4 is 5.69 Å². The maximum absolute atomic E-state index is 11.0.